The van der Waals surface area contributed by atoms with Crippen LogP contribution in [-0.2, 0) is 0 Å². The number of amides is 1. The zero-order valence-corrected chi connectivity index (χ0v) is 15.8. The van der Waals surface area contributed by atoms with Crippen molar-refractivity contribution in [3.05, 3.63) is 75.7 Å². The lowest BCUT2D eigenvalue weighted by Gasteiger charge is -2.32. The summed E-state index contributed by atoms with van der Waals surface area (Å²) in [6, 6.07) is 14.3. The van der Waals surface area contributed by atoms with Crippen LogP contribution in [0.4, 0.5) is 0 Å². The normalized spacial score (nSPS) is 15.3. The van der Waals surface area contributed by atoms with E-state index in [-0.39, 0.29) is 11.5 Å². The maximum absolute atomic E-state index is 13.2. The largest absolute Gasteiger partial charge is 0.336 e. The Hall–Kier alpha value is -2.63. The fourth-order valence-corrected chi connectivity index (χ4v) is 3.56. The van der Waals surface area contributed by atoms with Gasteiger partial charge in [0.1, 0.15) is 0 Å². The lowest BCUT2D eigenvalue weighted by molar-refractivity contribution is 0.0665. The molecule has 0 aliphatic carbocycles. The molecule has 0 bridgehead atoms. The van der Waals surface area contributed by atoms with Crippen molar-refractivity contribution in [1.82, 2.24) is 14.4 Å². The Morgan fingerprint density at radius 1 is 0.926 bits per heavy atom. The molecule has 5 nitrogen and oxygen atoms in total. The van der Waals surface area contributed by atoms with Crippen molar-refractivity contribution in [3.8, 4) is 5.69 Å². The first kappa shape index (κ1) is 17.8. The Labute approximate surface area is 162 Å². The van der Waals surface area contributed by atoms with Gasteiger partial charge in [0.25, 0.3) is 11.5 Å². The van der Waals surface area contributed by atoms with Crippen LogP contribution < -0.4 is 5.56 Å². The third-order valence-electron chi connectivity index (χ3n) is 5.05. The van der Waals surface area contributed by atoms with Gasteiger partial charge in [0, 0.05) is 53.9 Å². The molecule has 0 saturated carbocycles. The molecule has 0 unspecified atom stereocenters. The SMILES string of the molecule is CN1CCN(C(=O)c2cn(-c3ccc(Cl)cc3)c(=O)c3ccccc23)CC1. The zero-order valence-electron chi connectivity index (χ0n) is 15.1. The molecule has 1 aliphatic heterocycles. The third-order valence-corrected chi connectivity index (χ3v) is 5.30. The number of hydrogen-bond acceptors (Lipinski definition) is 3. The summed E-state index contributed by atoms with van der Waals surface area (Å²) < 4.78 is 1.53. The van der Waals surface area contributed by atoms with E-state index in [0.717, 1.165) is 13.1 Å². The van der Waals surface area contributed by atoms with Gasteiger partial charge in [-0.1, -0.05) is 29.8 Å². The molecule has 27 heavy (non-hydrogen) atoms. The van der Waals surface area contributed by atoms with Gasteiger partial charge in [0.15, 0.2) is 0 Å². The van der Waals surface area contributed by atoms with E-state index in [9.17, 15) is 9.59 Å². The molecule has 3 aromatic rings. The van der Waals surface area contributed by atoms with E-state index in [1.54, 1.807) is 36.5 Å². The number of benzene rings is 2. The van der Waals surface area contributed by atoms with Gasteiger partial charge in [-0.3, -0.25) is 14.2 Å². The fraction of sp³-hybridized carbons (Fsp3) is 0.238. The number of nitrogens with zero attached hydrogens (tertiary/aromatic N) is 3. The lowest BCUT2D eigenvalue weighted by Crippen LogP contribution is -2.47. The second-order valence-electron chi connectivity index (χ2n) is 6.84. The molecule has 1 saturated heterocycles. The van der Waals surface area contributed by atoms with E-state index in [0.29, 0.717) is 40.1 Å². The standard InChI is InChI=1S/C21H20ClN3O2/c1-23-10-12-24(13-11-23)20(26)19-14-25(16-8-6-15(22)7-9-16)21(27)18-5-3-2-4-17(18)19/h2-9,14H,10-13H2,1H3. The van der Waals surface area contributed by atoms with Gasteiger partial charge in [0.05, 0.1) is 5.56 Å². The molecule has 1 amide bonds. The Morgan fingerprint density at radius 2 is 1.56 bits per heavy atom. The number of piperazine rings is 1. The topological polar surface area (TPSA) is 45.5 Å². The van der Waals surface area contributed by atoms with E-state index < -0.39 is 0 Å². The quantitative estimate of drug-likeness (QED) is 0.685. The maximum Gasteiger partial charge on any atom is 0.262 e. The summed E-state index contributed by atoms with van der Waals surface area (Å²) in [6.07, 6.45) is 1.66. The predicted octanol–water partition coefficient (Wildman–Crippen LogP) is 3.03. The summed E-state index contributed by atoms with van der Waals surface area (Å²) >= 11 is 5.98. The first-order chi connectivity index (χ1) is 13.0. The van der Waals surface area contributed by atoms with Crippen LogP contribution in [0.3, 0.4) is 0 Å². The van der Waals surface area contributed by atoms with Crippen molar-refractivity contribution in [2.45, 2.75) is 0 Å². The molecule has 0 N–H and O–H groups in total. The molecular weight excluding hydrogens is 362 g/mol. The average molecular weight is 382 g/mol. The number of rotatable bonds is 2. The van der Waals surface area contributed by atoms with Crippen molar-refractivity contribution in [2.24, 2.45) is 0 Å². The average Bonchev–Trinajstić information content (AvgIpc) is 2.69. The summed E-state index contributed by atoms with van der Waals surface area (Å²) in [5, 5.41) is 1.82. The van der Waals surface area contributed by atoms with Crippen LogP contribution in [0.1, 0.15) is 10.4 Å². The Kier molecular flexibility index (Phi) is 4.72. The molecule has 6 heteroatoms. The van der Waals surface area contributed by atoms with Gasteiger partial charge < -0.3 is 9.80 Å². The van der Waals surface area contributed by atoms with Crippen LogP contribution in [0, 0.1) is 0 Å². The van der Waals surface area contributed by atoms with Crippen LogP contribution >= 0.6 is 11.6 Å². The minimum Gasteiger partial charge on any atom is -0.336 e. The van der Waals surface area contributed by atoms with Gasteiger partial charge in [0.2, 0.25) is 0 Å². The second kappa shape index (κ2) is 7.18. The number of likely N-dealkylation sites (N-methyl/N-ethyl adjacent to an activating group) is 1. The van der Waals surface area contributed by atoms with Crippen molar-refractivity contribution in [1.29, 1.82) is 0 Å². The van der Waals surface area contributed by atoms with Gasteiger partial charge in [-0.05, 0) is 37.4 Å². The Bertz CT molecular complexity index is 1050. The molecular formula is C21H20ClN3O2. The summed E-state index contributed by atoms with van der Waals surface area (Å²) in [7, 11) is 2.05. The van der Waals surface area contributed by atoms with Crippen molar-refractivity contribution >= 4 is 28.3 Å². The molecule has 2 aromatic carbocycles. The lowest BCUT2D eigenvalue weighted by atomic mass is 10.1. The molecule has 0 atom stereocenters. The minimum absolute atomic E-state index is 0.0398. The molecule has 2 heterocycles. The Balaban J connectivity index is 1.86. The number of carbonyl (C=O) groups excluding carboxylic acids is 1. The van der Waals surface area contributed by atoms with Crippen molar-refractivity contribution < 1.29 is 4.79 Å². The number of hydrogen-bond donors (Lipinski definition) is 0. The van der Waals surface area contributed by atoms with E-state index in [2.05, 4.69) is 11.9 Å². The van der Waals surface area contributed by atoms with Crippen LogP contribution in [-0.4, -0.2) is 53.5 Å². The molecule has 0 radical (unpaired) electrons. The summed E-state index contributed by atoms with van der Waals surface area (Å²) in [6.45, 7) is 3.06. The van der Waals surface area contributed by atoms with E-state index in [4.69, 9.17) is 11.6 Å². The number of carbonyl (C=O) groups is 1. The molecule has 1 aliphatic rings. The van der Waals surface area contributed by atoms with Gasteiger partial charge in [-0.15, -0.1) is 0 Å². The smallest absolute Gasteiger partial charge is 0.262 e. The number of halogens is 1. The van der Waals surface area contributed by atoms with Crippen molar-refractivity contribution in [3.63, 3.8) is 0 Å². The van der Waals surface area contributed by atoms with E-state index in [1.165, 1.54) is 4.57 Å². The highest BCUT2D eigenvalue weighted by Gasteiger charge is 2.23. The van der Waals surface area contributed by atoms with Gasteiger partial charge in [-0.25, -0.2) is 0 Å². The van der Waals surface area contributed by atoms with E-state index >= 15 is 0 Å². The Morgan fingerprint density at radius 3 is 2.22 bits per heavy atom. The molecule has 4 rings (SSSR count). The second-order valence-corrected chi connectivity index (χ2v) is 7.27. The fourth-order valence-electron chi connectivity index (χ4n) is 3.44. The third kappa shape index (κ3) is 3.36. The molecule has 1 aromatic heterocycles. The van der Waals surface area contributed by atoms with Gasteiger partial charge in [-0.2, -0.15) is 0 Å². The summed E-state index contributed by atoms with van der Waals surface area (Å²) in [4.78, 5) is 30.3. The van der Waals surface area contributed by atoms with Gasteiger partial charge >= 0.3 is 0 Å². The highest BCUT2D eigenvalue weighted by Crippen LogP contribution is 2.21. The van der Waals surface area contributed by atoms with E-state index in [1.807, 2.05) is 23.1 Å². The molecule has 1 fully saturated rings. The van der Waals surface area contributed by atoms with Crippen LogP contribution in [0.25, 0.3) is 16.5 Å². The highest BCUT2D eigenvalue weighted by atomic mass is 35.5. The van der Waals surface area contributed by atoms with Crippen LogP contribution in [0.15, 0.2) is 59.5 Å². The van der Waals surface area contributed by atoms with Crippen molar-refractivity contribution in [2.75, 3.05) is 33.2 Å². The first-order valence-electron chi connectivity index (χ1n) is 8.93. The van der Waals surface area contributed by atoms with Crippen LogP contribution in [0.2, 0.25) is 5.02 Å². The first-order valence-corrected chi connectivity index (χ1v) is 9.30. The summed E-state index contributed by atoms with van der Waals surface area (Å²) in [5.41, 5.74) is 1.08. The van der Waals surface area contributed by atoms with Crippen LogP contribution in [0.5, 0.6) is 0 Å². The summed E-state index contributed by atoms with van der Waals surface area (Å²) in [5.74, 6) is -0.0398. The highest BCUT2D eigenvalue weighted by molar-refractivity contribution is 6.30. The zero-order chi connectivity index (χ0) is 19.0. The number of pyridine rings is 1. The number of aromatic nitrogens is 1. The minimum atomic E-state index is -0.150. The maximum atomic E-state index is 13.2. The molecule has 138 valence electrons. The predicted molar refractivity (Wildman–Crippen MR) is 108 cm³/mol. The number of fused-ring (bicyclic) bond motifs is 1. The monoisotopic (exact) mass is 381 g/mol. The molecule has 0 spiro atoms.